The van der Waals surface area contributed by atoms with Crippen LogP contribution in [0.1, 0.15) is 5.69 Å². The van der Waals surface area contributed by atoms with Crippen molar-refractivity contribution in [2.45, 2.75) is 6.54 Å². The van der Waals surface area contributed by atoms with Crippen LogP contribution in [0.25, 0.3) is 10.8 Å². The molecule has 0 spiro atoms. The molecule has 7 heteroatoms. The van der Waals surface area contributed by atoms with E-state index in [0.717, 1.165) is 5.69 Å². The van der Waals surface area contributed by atoms with Gasteiger partial charge in [-0.15, -0.1) is 0 Å². The van der Waals surface area contributed by atoms with Gasteiger partial charge in [0, 0.05) is 23.7 Å². The van der Waals surface area contributed by atoms with E-state index in [4.69, 9.17) is 10.5 Å². The van der Waals surface area contributed by atoms with Gasteiger partial charge in [0.05, 0.1) is 30.2 Å². The first-order valence-electron chi connectivity index (χ1n) is 7.72. The molecule has 1 aromatic carbocycles. The van der Waals surface area contributed by atoms with E-state index < -0.39 is 0 Å². The first-order chi connectivity index (χ1) is 12.2. The molecular formula is C18H17FN4O2. The molecule has 25 heavy (non-hydrogen) atoms. The van der Waals surface area contributed by atoms with Crippen LogP contribution in [-0.2, 0) is 6.54 Å². The van der Waals surface area contributed by atoms with Gasteiger partial charge in [-0.2, -0.15) is 5.10 Å². The number of hydrogen-bond acceptors (Lipinski definition) is 5. The van der Waals surface area contributed by atoms with Gasteiger partial charge in [-0.3, -0.25) is 9.78 Å². The minimum Gasteiger partial charge on any atom is -0.489 e. The van der Waals surface area contributed by atoms with Gasteiger partial charge in [0.25, 0.3) is 5.56 Å². The van der Waals surface area contributed by atoms with Crippen molar-refractivity contribution in [3.8, 4) is 5.75 Å². The van der Waals surface area contributed by atoms with Crippen LogP contribution in [0.2, 0.25) is 0 Å². The largest absolute Gasteiger partial charge is 0.489 e. The maximum atomic E-state index is 12.6. The van der Waals surface area contributed by atoms with Crippen LogP contribution in [0.5, 0.6) is 5.75 Å². The SMILES string of the molecule is NC/C(=C\F)COc1ccc2c(=O)n(Cc3ccccn3)ncc2c1. The number of hydrogen-bond donors (Lipinski definition) is 1. The van der Waals surface area contributed by atoms with Gasteiger partial charge in [-0.1, -0.05) is 6.07 Å². The lowest BCUT2D eigenvalue weighted by Crippen LogP contribution is -2.23. The molecule has 3 aromatic rings. The average Bonchev–Trinajstić information content (AvgIpc) is 2.66. The van der Waals surface area contributed by atoms with Crippen LogP contribution in [0.15, 0.2) is 65.5 Å². The van der Waals surface area contributed by atoms with E-state index in [1.807, 2.05) is 18.2 Å². The maximum Gasteiger partial charge on any atom is 0.275 e. The number of nitrogens with zero attached hydrogens (tertiary/aromatic N) is 3. The molecule has 0 saturated carbocycles. The number of ether oxygens (including phenoxy) is 1. The smallest absolute Gasteiger partial charge is 0.275 e. The monoisotopic (exact) mass is 340 g/mol. The molecule has 6 nitrogen and oxygen atoms in total. The average molecular weight is 340 g/mol. The molecule has 0 aliphatic heterocycles. The third-order valence-corrected chi connectivity index (χ3v) is 3.70. The van der Waals surface area contributed by atoms with Crippen LogP contribution < -0.4 is 16.0 Å². The van der Waals surface area contributed by atoms with E-state index in [1.165, 1.54) is 4.68 Å². The minimum atomic E-state index is -0.207. The summed E-state index contributed by atoms with van der Waals surface area (Å²) in [6.07, 6.45) is 3.72. The van der Waals surface area contributed by atoms with E-state index in [2.05, 4.69) is 10.1 Å². The normalized spacial score (nSPS) is 11.7. The molecule has 0 aliphatic rings. The molecule has 0 saturated heterocycles. The summed E-state index contributed by atoms with van der Waals surface area (Å²) in [4.78, 5) is 16.8. The maximum absolute atomic E-state index is 12.6. The van der Waals surface area contributed by atoms with Gasteiger partial charge in [-0.25, -0.2) is 9.07 Å². The minimum absolute atomic E-state index is 0.0582. The Morgan fingerprint density at radius 2 is 2.20 bits per heavy atom. The lowest BCUT2D eigenvalue weighted by atomic mass is 10.2. The zero-order chi connectivity index (χ0) is 17.6. The van der Waals surface area contributed by atoms with Gasteiger partial charge in [0.2, 0.25) is 0 Å². The number of rotatable bonds is 6. The zero-order valence-corrected chi connectivity index (χ0v) is 13.4. The summed E-state index contributed by atoms with van der Waals surface area (Å²) in [7, 11) is 0. The molecule has 0 aliphatic carbocycles. The van der Waals surface area contributed by atoms with Crippen molar-refractivity contribution in [3.63, 3.8) is 0 Å². The number of aromatic nitrogens is 3. The Morgan fingerprint density at radius 3 is 2.92 bits per heavy atom. The molecule has 0 amide bonds. The van der Waals surface area contributed by atoms with Crippen molar-refractivity contribution < 1.29 is 9.13 Å². The molecule has 0 bridgehead atoms. The van der Waals surface area contributed by atoms with E-state index in [0.29, 0.717) is 35.0 Å². The Labute approximate surface area is 143 Å². The van der Waals surface area contributed by atoms with Crippen molar-refractivity contribution in [3.05, 3.63) is 76.7 Å². The predicted octanol–water partition coefficient (Wildman–Crippen LogP) is 2.03. The van der Waals surface area contributed by atoms with Crippen molar-refractivity contribution in [1.29, 1.82) is 0 Å². The zero-order valence-electron chi connectivity index (χ0n) is 13.4. The van der Waals surface area contributed by atoms with Crippen molar-refractivity contribution in [2.24, 2.45) is 5.73 Å². The summed E-state index contributed by atoms with van der Waals surface area (Å²) < 4.78 is 19.4. The summed E-state index contributed by atoms with van der Waals surface area (Å²) in [5.74, 6) is 0.518. The Bertz CT molecular complexity index is 954. The number of pyridine rings is 1. The fourth-order valence-electron chi connectivity index (χ4n) is 2.32. The highest BCUT2D eigenvalue weighted by Gasteiger charge is 2.07. The van der Waals surface area contributed by atoms with E-state index in [-0.39, 0.29) is 18.7 Å². The molecule has 2 heterocycles. The molecular weight excluding hydrogens is 323 g/mol. The molecule has 0 fully saturated rings. The summed E-state index contributed by atoms with van der Waals surface area (Å²) >= 11 is 0. The van der Waals surface area contributed by atoms with Crippen molar-refractivity contribution in [1.82, 2.24) is 14.8 Å². The van der Waals surface area contributed by atoms with Gasteiger partial charge in [0.15, 0.2) is 0 Å². The van der Waals surface area contributed by atoms with Crippen molar-refractivity contribution in [2.75, 3.05) is 13.2 Å². The first kappa shape index (κ1) is 16.8. The van der Waals surface area contributed by atoms with E-state index in [1.54, 1.807) is 30.6 Å². The Morgan fingerprint density at radius 1 is 1.32 bits per heavy atom. The second kappa shape index (κ2) is 7.67. The second-order valence-corrected chi connectivity index (χ2v) is 5.44. The molecule has 3 rings (SSSR count). The topological polar surface area (TPSA) is 83.0 Å². The third kappa shape index (κ3) is 3.89. The van der Waals surface area contributed by atoms with Crippen LogP contribution in [0, 0.1) is 0 Å². The Kier molecular flexibility index (Phi) is 5.15. The summed E-state index contributed by atoms with van der Waals surface area (Å²) in [5, 5.41) is 5.37. The Hall–Kier alpha value is -3.06. The van der Waals surface area contributed by atoms with Crippen LogP contribution in [0.3, 0.4) is 0 Å². The lowest BCUT2D eigenvalue weighted by molar-refractivity contribution is 0.348. The van der Waals surface area contributed by atoms with Crippen molar-refractivity contribution >= 4 is 10.8 Å². The molecule has 2 aromatic heterocycles. The summed E-state index contributed by atoms with van der Waals surface area (Å²) in [6.45, 7) is 0.446. The molecule has 0 radical (unpaired) electrons. The number of fused-ring (bicyclic) bond motifs is 1. The van der Waals surface area contributed by atoms with E-state index in [9.17, 15) is 9.18 Å². The number of nitrogens with two attached hydrogens (primary N) is 1. The van der Waals surface area contributed by atoms with Crippen LogP contribution >= 0.6 is 0 Å². The van der Waals surface area contributed by atoms with Gasteiger partial charge in [-0.05, 0) is 30.3 Å². The molecule has 0 atom stereocenters. The van der Waals surface area contributed by atoms with Crippen LogP contribution in [-0.4, -0.2) is 27.9 Å². The molecule has 128 valence electrons. The van der Waals surface area contributed by atoms with Gasteiger partial charge >= 0.3 is 0 Å². The number of halogens is 1. The van der Waals surface area contributed by atoms with Crippen LogP contribution in [0.4, 0.5) is 4.39 Å². The predicted molar refractivity (Wildman–Crippen MR) is 93.1 cm³/mol. The highest BCUT2D eigenvalue weighted by Crippen LogP contribution is 2.18. The Balaban J connectivity index is 1.85. The third-order valence-electron chi connectivity index (χ3n) is 3.70. The summed E-state index contributed by atoms with van der Waals surface area (Å²) in [5.41, 5.74) is 6.29. The molecule has 0 unspecified atom stereocenters. The molecule has 2 N–H and O–H groups in total. The lowest BCUT2D eigenvalue weighted by Gasteiger charge is -2.09. The highest BCUT2D eigenvalue weighted by atomic mass is 19.1. The quantitative estimate of drug-likeness (QED) is 0.742. The number of benzene rings is 1. The van der Waals surface area contributed by atoms with Gasteiger partial charge < -0.3 is 10.5 Å². The second-order valence-electron chi connectivity index (χ2n) is 5.44. The highest BCUT2D eigenvalue weighted by molar-refractivity contribution is 5.82. The first-order valence-corrected chi connectivity index (χ1v) is 7.72. The van der Waals surface area contributed by atoms with Gasteiger partial charge in [0.1, 0.15) is 12.4 Å². The summed E-state index contributed by atoms with van der Waals surface area (Å²) in [6, 6.07) is 10.5. The fraction of sp³-hybridized carbons (Fsp3) is 0.167. The standard InChI is InChI=1S/C18H17FN4O2/c19-8-13(9-20)12-25-16-4-5-17-14(7-16)10-22-23(18(17)24)11-15-3-1-2-6-21-15/h1-8,10H,9,11-12,20H2/b13-8+. The fourth-order valence-corrected chi connectivity index (χ4v) is 2.32. The van der Waals surface area contributed by atoms with E-state index >= 15 is 0 Å².